The van der Waals surface area contributed by atoms with Crippen molar-refractivity contribution < 1.29 is 4.79 Å². The summed E-state index contributed by atoms with van der Waals surface area (Å²) in [6, 6.07) is 15.7. The molecule has 0 fully saturated rings. The smallest absolute Gasteiger partial charge is 0.271 e. The molecule has 5 aromatic rings. The summed E-state index contributed by atoms with van der Waals surface area (Å²) < 4.78 is 1.85. The van der Waals surface area contributed by atoms with Crippen LogP contribution < -0.4 is 10.9 Å². The Kier molecular flexibility index (Phi) is 5.32. The van der Waals surface area contributed by atoms with Crippen LogP contribution in [0.1, 0.15) is 25.3 Å². The first kappa shape index (κ1) is 20.5. The Morgan fingerprint density at radius 3 is 2.66 bits per heavy atom. The molecule has 6 nitrogen and oxygen atoms in total. The van der Waals surface area contributed by atoms with Crippen LogP contribution in [0.15, 0.2) is 65.0 Å². The van der Waals surface area contributed by atoms with Crippen molar-refractivity contribution in [3.63, 3.8) is 0 Å². The molecule has 32 heavy (non-hydrogen) atoms. The van der Waals surface area contributed by atoms with E-state index in [-0.39, 0.29) is 18.0 Å². The average Bonchev–Trinajstić information content (AvgIpc) is 3.44. The first-order chi connectivity index (χ1) is 15.5. The number of fused-ring (bicyclic) bond motifs is 3. The number of amides is 1. The highest BCUT2D eigenvalue weighted by Crippen LogP contribution is 2.32. The van der Waals surface area contributed by atoms with E-state index in [0.29, 0.717) is 21.8 Å². The van der Waals surface area contributed by atoms with Gasteiger partial charge in [0.05, 0.1) is 22.4 Å². The first-order valence-electron chi connectivity index (χ1n) is 10.2. The second kappa shape index (κ2) is 8.29. The van der Waals surface area contributed by atoms with Gasteiger partial charge in [-0.3, -0.25) is 14.2 Å². The van der Waals surface area contributed by atoms with Crippen LogP contribution in [0.25, 0.3) is 31.0 Å². The maximum Gasteiger partial charge on any atom is 0.271 e. The van der Waals surface area contributed by atoms with Crippen molar-refractivity contribution in [2.24, 2.45) is 0 Å². The second-order valence-electron chi connectivity index (χ2n) is 7.81. The van der Waals surface area contributed by atoms with Gasteiger partial charge in [0.1, 0.15) is 16.1 Å². The third-order valence-corrected chi connectivity index (χ3v) is 7.23. The number of nitrogens with zero attached hydrogens (tertiary/aromatic N) is 3. The lowest BCUT2D eigenvalue weighted by Gasteiger charge is -2.09. The van der Waals surface area contributed by atoms with Gasteiger partial charge in [0.25, 0.3) is 5.56 Å². The van der Waals surface area contributed by atoms with Crippen LogP contribution in [0.5, 0.6) is 0 Å². The second-order valence-corrected chi connectivity index (χ2v) is 9.76. The standard InChI is InChI=1S/C24H20N4O2S2/c1-14(2)15-5-7-16(8-6-15)26-20(29)12-28-13-25-21-17-9-10-18(19-4-3-11-31-19)27-23(17)32-22(21)24(28)30/h3-11,13-14H,12H2,1-2H3,(H,26,29). The summed E-state index contributed by atoms with van der Waals surface area (Å²) in [5.41, 5.74) is 3.17. The molecule has 4 aromatic heterocycles. The minimum Gasteiger partial charge on any atom is -0.325 e. The number of pyridine rings is 1. The van der Waals surface area contributed by atoms with E-state index in [0.717, 1.165) is 20.8 Å². The number of carbonyl (C=O) groups excluding carboxylic acids is 1. The molecule has 0 unspecified atom stereocenters. The molecule has 0 spiro atoms. The lowest BCUT2D eigenvalue weighted by molar-refractivity contribution is -0.116. The zero-order valence-electron chi connectivity index (χ0n) is 17.5. The molecule has 0 aliphatic heterocycles. The van der Waals surface area contributed by atoms with Gasteiger partial charge in [-0.2, -0.15) is 0 Å². The van der Waals surface area contributed by atoms with Crippen LogP contribution in [0.2, 0.25) is 0 Å². The van der Waals surface area contributed by atoms with E-state index in [2.05, 4.69) is 24.1 Å². The Hall–Kier alpha value is -3.36. The summed E-state index contributed by atoms with van der Waals surface area (Å²) in [5.74, 6) is 0.151. The number of hydrogen-bond donors (Lipinski definition) is 1. The Morgan fingerprint density at radius 2 is 1.94 bits per heavy atom. The lowest BCUT2D eigenvalue weighted by atomic mass is 10.0. The first-order valence-corrected chi connectivity index (χ1v) is 11.9. The summed E-state index contributed by atoms with van der Waals surface area (Å²) in [6.07, 6.45) is 1.44. The predicted molar refractivity (Wildman–Crippen MR) is 132 cm³/mol. The molecule has 0 aliphatic carbocycles. The number of benzene rings is 1. The highest BCUT2D eigenvalue weighted by Gasteiger charge is 2.15. The highest BCUT2D eigenvalue weighted by atomic mass is 32.1. The number of carbonyl (C=O) groups is 1. The average molecular weight is 461 g/mol. The summed E-state index contributed by atoms with van der Waals surface area (Å²) in [7, 11) is 0. The van der Waals surface area contributed by atoms with Crippen LogP contribution in [-0.4, -0.2) is 20.4 Å². The van der Waals surface area contributed by atoms with Gasteiger partial charge in [-0.15, -0.1) is 22.7 Å². The third-order valence-electron chi connectivity index (χ3n) is 5.26. The predicted octanol–water partition coefficient (Wildman–Crippen LogP) is 5.50. The summed E-state index contributed by atoms with van der Waals surface area (Å²) in [4.78, 5) is 36.6. The molecule has 0 atom stereocenters. The van der Waals surface area contributed by atoms with E-state index in [9.17, 15) is 9.59 Å². The van der Waals surface area contributed by atoms with E-state index >= 15 is 0 Å². The van der Waals surface area contributed by atoms with Gasteiger partial charge in [0.2, 0.25) is 5.91 Å². The fourth-order valence-corrected chi connectivity index (χ4v) is 5.30. The lowest BCUT2D eigenvalue weighted by Crippen LogP contribution is -2.27. The van der Waals surface area contributed by atoms with Gasteiger partial charge >= 0.3 is 0 Å². The summed E-state index contributed by atoms with van der Waals surface area (Å²) in [6.45, 7) is 4.14. The van der Waals surface area contributed by atoms with Crippen LogP contribution in [0, 0.1) is 0 Å². The van der Waals surface area contributed by atoms with Crippen LogP contribution >= 0.6 is 22.7 Å². The molecule has 8 heteroatoms. The fraction of sp³-hybridized carbons (Fsp3) is 0.167. The van der Waals surface area contributed by atoms with Crippen molar-refractivity contribution in [1.29, 1.82) is 0 Å². The van der Waals surface area contributed by atoms with Crippen LogP contribution in [-0.2, 0) is 11.3 Å². The zero-order valence-corrected chi connectivity index (χ0v) is 19.2. The Balaban J connectivity index is 1.41. The molecule has 1 N–H and O–H groups in total. The van der Waals surface area contributed by atoms with Crippen molar-refractivity contribution in [3.8, 4) is 10.6 Å². The summed E-state index contributed by atoms with van der Waals surface area (Å²) in [5, 5.41) is 5.71. The molecular formula is C24H20N4O2S2. The molecule has 0 aliphatic rings. The van der Waals surface area contributed by atoms with E-state index in [1.54, 1.807) is 11.3 Å². The van der Waals surface area contributed by atoms with E-state index in [4.69, 9.17) is 4.98 Å². The molecule has 5 rings (SSSR count). The van der Waals surface area contributed by atoms with E-state index in [1.807, 2.05) is 53.9 Å². The minimum atomic E-state index is -0.273. The van der Waals surface area contributed by atoms with Crippen molar-refractivity contribution in [3.05, 3.63) is 76.2 Å². The molecule has 0 saturated heterocycles. The minimum absolute atomic E-state index is 0.101. The third kappa shape index (κ3) is 3.83. The number of anilines is 1. The number of thiophene rings is 2. The number of nitrogens with one attached hydrogen (secondary N) is 1. The van der Waals surface area contributed by atoms with Crippen molar-refractivity contribution in [1.82, 2.24) is 14.5 Å². The van der Waals surface area contributed by atoms with Gasteiger partial charge in [0.15, 0.2) is 0 Å². The van der Waals surface area contributed by atoms with Crippen molar-refractivity contribution in [2.75, 3.05) is 5.32 Å². The molecule has 0 bridgehead atoms. The van der Waals surface area contributed by atoms with Crippen molar-refractivity contribution in [2.45, 2.75) is 26.3 Å². The monoisotopic (exact) mass is 460 g/mol. The van der Waals surface area contributed by atoms with Crippen LogP contribution in [0.4, 0.5) is 5.69 Å². The van der Waals surface area contributed by atoms with Gasteiger partial charge in [-0.25, -0.2) is 9.97 Å². The number of aromatic nitrogens is 3. The molecule has 0 radical (unpaired) electrons. The van der Waals surface area contributed by atoms with Gasteiger partial charge in [-0.1, -0.05) is 32.0 Å². The molecule has 1 amide bonds. The molecular weight excluding hydrogens is 440 g/mol. The SMILES string of the molecule is CC(C)c1ccc(NC(=O)Cn2cnc3c(sc4nc(-c5cccs5)ccc43)c2=O)cc1. The van der Waals surface area contributed by atoms with E-state index in [1.165, 1.54) is 27.8 Å². The number of rotatable bonds is 5. The molecule has 0 saturated carbocycles. The molecule has 1 aromatic carbocycles. The highest BCUT2D eigenvalue weighted by molar-refractivity contribution is 7.25. The van der Waals surface area contributed by atoms with Crippen molar-refractivity contribution >= 4 is 54.7 Å². The van der Waals surface area contributed by atoms with Gasteiger partial charge in [-0.05, 0) is 47.2 Å². The number of hydrogen-bond acceptors (Lipinski definition) is 6. The normalized spacial score (nSPS) is 11.5. The van der Waals surface area contributed by atoms with Gasteiger partial charge < -0.3 is 5.32 Å². The molecule has 160 valence electrons. The Morgan fingerprint density at radius 1 is 1.12 bits per heavy atom. The largest absolute Gasteiger partial charge is 0.325 e. The zero-order chi connectivity index (χ0) is 22.2. The summed E-state index contributed by atoms with van der Waals surface area (Å²) >= 11 is 2.94. The quantitative estimate of drug-likeness (QED) is 0.376. The Bertz CT molecular complexity index is 1480. The fourth-order valence-electron chi connectivity index (χ4n) is 3.53. The Labute approximate surface area is 192 Å². The van der Waals surface area contributed by atoms with Gasteiger partial charge in [0, 0.05) is 11.1 Å². The molecule has 4 heterocycles. The van der Waals surface area contributed by atoms with E-state index < -0.39 is 0 Å². The topological polar surface area (TPSA) is 76.9 Å². The maximum absolute atomic E-state index is 13.0. The maximum atomic E-state index is 13.0. The van der Waals surface area contributed by atoms with Crippen LogP contribution in [0.3, 0.4) is 0 Å².